The summed E-state index contributed by atoms with van der Waals surface area (Å²) >= 11 is 0. The van der Waals surface area contributed by atoms with Crippen molar-refractivity contribution in [3.05, 3.63) is 24.3 Å². The topological polar surface area (TPSA) is 61.9 Å². The van der Waals surface area contributed by atoms with E-state index in [1.165, 1.54) is 12.8 Å². The lowest BCUT2D eigenvalue weighted by atomic mass is 9.77. The molecule has 4 atom stereocenters. The zero-order valence-electron chi connectivity index (χ0n) is 17.6. The predicted molar refractivity (Wildman–Crippen MR) is 114 cm³/mol. The molecule has 2 amide bonds. The second-order valence-electron chi connectivity index (χ2n) is 8.92. The molecule has 0 spiro atoms. The fourth-order valence-electron chi connectivity index (χ4n) is 5.04. The van der Waals surface area contributed by atoms with Crippen LogP contribution < -0.4 is 10.2 Å². The van der Waals surface area contributed by atoms with Crippen LogP contribution in [0.25, 0.3) is 0 Å². The van der Waals surface area contributed by atoms with E-state index in [1.54, 1.807) is 0 Å². The number of hydrogen-bond acceptors (Lipinski definition) is 4. The molecule has 2 aliphatic heterocycles. The van der Waals surface area contributed by atoms with Gasteiger partial charge in [0.1, 0.15) is 0 Å². The van der Waals surface area contributed by atoms with Gasteiger partial charge >= 0.3 is 0 Å². The number of benzene rings is 1. The average molecular weight is 400 g/mol. The van der Waals surface area contributed by atoms with Crippen molar-refractivity contribution in [2.45, 2.75) is 45.6 Å². The number of carbonyl (C=O) groups is 2. The highest BCUT2D eigenvalue weighted by molar-refractivity contribution is 5.97. The van der Waals surface area contributed by atoms with Gasteiger partial charge in [0.25, 0.3) is 0 Å². The van der Waals surface area contributed by atoms with Crippen molar-refractivity contribution < 1.29 is 14.3 Å². The molecule has 29 heavy (non-hydrogen) atoms. The smallest absolute Gasteiger partial charge is 0.229 e. The van der Waals surface area contributed by atoms with Gasteiger partial charge in [-0.3, -0.25) is 9.59 Å². The third-order valence-corrected chi connectivity index (χ3v) is 7.10. The van der Waals surface area contributed by atoms with Crippen LogP contribution in [0.4, 0.5) is 11.4 Å². The van der Waals surface area contributed by atoms with Crippen molar-refractivity contribution >= 4 is 23.2 Å². The Kier molecular flexibility index (Phi) is 6.09. The summed E-state index contributed by atoms with van der Waals surface area (Å²) in [5.41, 5.74) is 1.94. The molecule has 3 fully saturated rings. The molecule has 0 bridgehead atoms. The van der Waals surface area contributed by atoms with Gasteiger partial charge in [-0.05, 0) is 42.5 Å². The number of nitrogens with one attached hydrogen (secondary N) is 1. The van der Waals surface area contributed by atoms with Crippen LogP contribution in [0.15, 0.2) is 24.3 Å². The highest BCUT2D eigenvalue weighted by Crippen LogP contribution is 2.36. The van der Waals surface area contributed by atoms with Gasteiger partial charge in [-0.2, -0.15) is 0 Å². The van der Waals surface area contributed by atoms with E-state index in [1.807, 2.05) is 29.2 Å². The summed E-state index contributed by atoms with van der Waals surface area (Å²) < 4.78 is 5.40. The van der Waals surface area contributed by atoms with Crippen molar-refractivity contribution in [3.8, 4) is 0 Å². The van der Waals surface area contributed by atoms with Crippen LogP contribution in [-0.4, -0.2) is 55.6 Å². The first-order valence-corrected chi connectivity index (χ1v) is 11.1. The molecule has 2 saturated heterocycles. The maximum Gasteiger partial charge on any atom is 0.229 e. The van der Waals surface area contributed by atoms with Gasteiger partial charge in [0.2, 0.25) is 11.8 Å². The Morgan fingerprint density at radius 3 is 2.55 bits per heavy atom. The second kappa shape index (κ2) is 8.74. The maximum absolute atomic E-state index is 12.8. The van der Waals surface area contributed by atoms with E-state index in [-0.39, 0.29) is 23.8 Å². The number of anilines is 2. The van der Waals surface area contributed by atoms with Gasteiger partial charge < -0.3 is 19.9 Å². The van der Waals surface area contributed by atoms with Crippen LogP contribution in [0.3, 0.4) is 0 Å². The molecule has 1 aromatic carbocycles. The third-order valence-electron chi connectivity index (χ3n) is 7.10. The fraction of sp³-hybridized carbons (Fsp3) is 0.652. The summed E-state index contributed by atoms with van der Waals surface area (Å²) in [6, 6.07) is 8.26. The molecular formula is C23H33N3O3. The number of amides is 2. The van der Waals surface area contributed by atoms with Gasteiger partial charge in [0.15, 0.2) is 0 Å². The summed E-state index contributed by atoms with van der Waals surface area (Å²) in [5, 5.41) is 3.02. The predicted octanol–water partition coefficient (Wildman–Crippen LogP) is 3.13. The molecule has 1 saturated carbocycles. The zero-order chi connectivity index (χ0) is 20.4. The van der Waals surface area contributed by atoms with Crippen molar-refractivity contribution in [1.29, 1.82) is 0 Å². The molecule has 0 unspecified atom stereocenters. The Morgan fingerprint density at radius 2 is 1.83 bits per heavy atom. The Bertz CT molecular complexity index is 729. The molecule has 4 rings (SSSR count). The lowest BCUT2D eigenvalue weighted by molar-refractivity contribution is -0.131. The number of morpholine rings is 1. The van der Waals surface area contributed by atoms with Crippen LogP contribution >= 0.6 is 0 Å². The van der Waals surface area contributed by atoms with Crippen LogP contribution in [0.1, 0.15) is 39.5 Å². The Morgan fingerprint density at radius 1 is 1.10 bits per heavy atom. The second-order valence-corrected chi connectivity index (χ2v) is 8.92. The minimum absolute atomic E-state index is 0.0449. The van der Waals surface area contributed by atoms with E-state index in [4.69, 9.17) is 4.74 Å². The van der Waals surface area contributed by atoms with E-state index in [0.29, 0.717) is 24.8 Å². The molecule has 6 heteroatoms. The van der Waals surface area contributed by atoms with Crippen molar-refractivity contribution in [3.63, 3.8) is 0 Å². The van der Waals surface area contributed by atoms with Gasteiger partial charge in [0.05, 0.1) is 19.1 Å². The summed E-state index contributed by atoms with van der Waals surface area (Å²) in [7, 11) is 0. The van der Waals surface area contributed by atoms with E-state index in [2.05, 4.69) is 24.1 Å². The standard InChI is InChI=1S/C23H33N3O3/c1-16-4-3-5-21(17(16)2)26-15-18(14-22(26)27)23(28)24-19-6-8-20(9-7-19)25-10-12-29-13-11-25/h6-9,16-18,21H,3-5,10-15H2,1-2H3,(H,24,28)/t16-,17-,18-,21-/m1/s1. The van der Waals surface area contributed by atoms with E-state index in [0.717, 1.165) is 44.1 Å². The first kappa shape index (κ1) is 20.2. The normalized spacial score (nSPS) is 30.5. The highest BCUT2D eigenvalue weighted by atomic mass is 16.5. The molecule has 1 aliphatic carbocycles. The minimum Gasteiger partial charge on any atom is -0.378 e. The average Bonchev–Trinajstić information content (AvgIpc) is 3.13. The molecule has 1 N–H and O–H groups in total. The highest BCUT2D eigenvalue weighted by Gasteiger charge is 2.41. The Labute approximate surface area is 173 Å². The number of ether oxygens (including phenoxy) is 1. The van der Waals surface area contributed by atoms with Crippen LogP contribution in [0, 0.1) is 17.8 Å². The summed E-state index contributed by atoms with van der Waals surface area (Å²) in [4.78, 5) is 29.7. The summed E-state index contributed by atoms with van der Waals surface area (Å²) in [6.45, 7) is 8.38. The van der Waals surface area contributed by atoms with E-state index < -0.39 is 0 Å². The molecule has 0 radical (unpaired) electrons. The number of hydrogen-bond donors (Lipinski definition) is 1. The molecule has 158 valence electrons. The summed E-state index contributed by atoms with van der Waals surface area (Å²) in [5.74, 6) is 0.975. The number of likely N-dealkylation sites (tertiary alicyclic amines) is 1. The Hall–Kier alpha value is -2.08. The number of carbonyl (C=O) groups excluding carboxylic acids is 2. The first-order chi connectivity index (χ1) is 14.0. The largest absolute Gasteiger partial charge is 0.378 e. The molecule has 1 aromatic rings. The minimum atomic E-state index is -0.258. The molecule has 3 aliphatic rings. The molecular weight excluding hydrogens is 366 g/mol. The number of rotatable bonds is 4. The van der Waals surface area contributed by atoms with Crippen LogP contribution in [0.5, 0.6) is 0 Å². The zero-order valence-corrected chi connectivity index (χ0v) is 17.6. The van der Waals surface area contributed by atoms with Gasteiger partial charge in [-0.1, -0.05) is 26.7 Å². The Balaban J connectivity index is 1.34. The van der Waals surface area contributed by atoms with Crippen molar-refractivity contribution in [2.24, 2.45) is 17.8 Å². The van der Waals surface area contributed by atoms with Crippen molar-refractivity contribution in [1.82, 2.24) is 4.90 Å². The van der Waals surface area contributed by atoms with Crippen molar-refractivity contribution in [2.75, 3.05) is 43.1 Å². The summed E-state index contributed by atoms with van der Waals surface area (Å²) in [6.07, 6.45) is 3.81. The van der Waals surface area contributed by atoms with E-state index in [9.17, 15) is 9.59 Å². The molecule has 0 aromatic heterocycles. The molecule has 2 heterocycles. The molecule has 6 nitrogen and oxygen atoms in total. The quantitative estimate of drug-likeness (QED) is 0.845. The monoisotopic (exact) mass is 399 g/mol. The lowest BCUT2D eigenvalue weighted by Crippen LogP contribution is -2.45. The maximum atomic E-state index is 12.8. The first-order valence-electron chi connectivity index (χ1n) is 11.1. The van der Waals surface area contributed by atoms with Gasteiger partial charge in [-0.25, -0.2) is 0 Å². The number of nitrogens with zero attached hydrogens (tertiary/aromatic N) is 2. The lowest BCUT2D eigenvalue weighted by Gasteiger charge is -2.40. The SMILES string of the molecule is C[C@@H]1[C@H](C)CCC[C@H]1N1C[C@H](C(=O)Nc2ccc(N3CCOCC3)cc2)CC1=O. The van der Waals surface area contributed by atoms with Gasteiger partial charge in [-0.15, -0.1) is 0 Å². The fourth-order valence-corrected chi connectivity index (χ4v) is 5.04. The van der Waals surface area contributed by atoms with Crippen LogP contribution in [-0.2, 0) is 14.3 Å². The van der Waals surface area contributed by atoms with Crippen LogP contribution in [0.2, 0.25) is 0 Å². The third kappa shape index (κ3) is 4.42. The van der Waals surface area contributed by atoms with Gasteiger partial charge in [0, 0.05) is 43.5 Å². The van der Waals surface area contributed by atoms with E-state index >= 15 is 0 Å².